The minimum atomic E-state index is -3.54. The first-order valence-electron chi connectivity index (χ1n) is 10.7. The van der Waals surface area contributed by atoms with Gasteiger partial charge in [-0.25, -0.2) is 13.4 Å². The zero-order valence-corrected chi connectivity index (χ0v) is 19.5. The summed E-state index contributed by atoms with van der Waals surface area (Å²) in [7, 11) is -3.54. The van der Waals surface area contributed by atoms with E-state index >= 15 is 0 Å². The number of hydrogen-bond donors (Lipinski definition) is 1. The summed E-state index contributed by atoms with van der Waals surface area (Å²) in [6.07, 6.45) is 7.73. The molecule has 1 fully saturated rings. The van der Waals surface area contributed by atoms with Crippen LogP contribution in [0, 0.1) is 12.8 Å². The largest absolute Gasteiger partial charge is 0.343 e. The molecule has 32 heavy (non-hydrogen) atoms. The molecule has 1 aliphatic rings. The van der Waals surface area contributed by atoms with E-state index in [0.717, 1.165) is 35.1 Å². The minimum Gasteiger partial charge on any atom is -0.343 e. The second kappa shape index (κ2) is 9.46. The van der Waals surface area contributed by atoms with Gasteiger partial charge in [-0.05, 0) is 66.8 Å². The summed E-state index contributed by atoms with van der Waals surface area (Å²) in [4.78, 5) is 22.0. The summed E-state index contributed by atoms with van der Waals surface area (Å²) < 4.78 is 25.6. The van der Waals surface area contributed by atoms with Crippen LogP contribution in [-0.4, -0.2) is 48.0 Å². The van der Waals surface area contributed by atoms with E-state index in [1.54, 1.807) is 47.5 Å². The Balaban J connectivity index is 1.30. The van der Waals surface area contributed by atoms with Crippen LogP contribution in [0.2, 0.25) is 5.02 Å². The van der Waals surface area contributed by atoms with E-state index in [1.165, 1.54) is 0 Å². The van der Waals surface area contributed by atoms with Crippen LogP contribution in [0.25, 0.3) is 16.8 Å². The fourth-order valence-electron chi connectivity index (χ4n) is 3.99. The molecular formula is C24H26ClN3O3S. The molecule has 168 valence electrons. The first-order valence-corrected chi connectivity index (χ1v) is 12.7. The number of carbonyl (C=O) groups is 1. The molecule has 0 saturated carbocycles. The smallest absolute Gasteiger partial charge is 0.223 e. The molecule has 0 atom stereocenters. The highest BCUT2D eigenvalue weighted by Gasteiger charge is 2.24. The van der Waals surface area contributed by atoms with E-state index in [9.17, 15) is 13.2 Å². The zero-order chi connectivity index (χ0) is 22.7. The number of allylic oxidation sites excluding steroid dienone is 1. The number of likely N-dealkylation sites (tertiary alicyclic amines) is 1. The second-order valence-corrected chi connectivity index (χ2v) is 10.8. The van der Waals surface area contributed by atoms with Gasteiger partial charge in [0.05, 0.1) is 22.5 Å². The molecule has 6 nitrogen and oxygen atoms in total. The van der Waals surface area contributed by atoms with E-state index in [1.807, 2.05) is 13.0 Å². The summed E-state index contributed by atoms with van der Waals surface area (Å²) in [6.45, 7) is 3.21. The van der Waals surface area contributed by atoms with Gasteiger partial charge in [0.2, 0.25) is 5.91 Å². The Labute approximate surface area is 193 Å². The summed E-state index contributed by atoms with van der Waals surface area (Å²) in [5.41, 5.74) is 0.975. The van der Waals surface area contributed by atoms with Crippen molar-refractivity contribution in [2.45, 2.75) is 31.1 Å². The van der Waals surface area contributed by atoms with E-state index in [-0.39, 0.29) is 23.0 Å². The Bertz CT molecular complexity index is 1260. The molecule has 2 aromatic carbocycles. The number of amides is 1. The van der Waals surface area contributed by atoms with Crippen molar-refractivity contribution >= 4 is 44.2 Å². The lowest BCUT2D eigenvalue weighted by Gasteiger charge is -2.30. The average molecular weight is 472 g/mol. The maximum atomic E-state index is 12.8. The van der Waals surface area contributed by atoms with Crippen molar-refractivity contribution in [2.24, 2.45) is 5.92 Å². The number of aromatic nitrogens is 2. The SMILES string of the molecule is Cc1ncc(C=CC2CCN(C(=O)CCS(=O)(=O)c3ccc4cc(Cl)ccc4c3)CC2)[nH]1. The maximum Gasteiger partial charge on any atom is 0.223 e. The molecule has 1 amide bonds. The number of imidazole rings is 1. The van der Waals surface area contributed by atoms with Crippen LogP contribution in [0.4, 0.5) is 0 Å². The zero-order valence-electron chi connectivity index (χ0n) is 17.9. The Morgan fingerprint density at radius 1 is 1.19 bits per heavy atom. The average Bonchev–Trinajstić information content (AvgIpc) is 3.21. The number of H-pyrrole nitrogens is 1. The molecular weight excluding hydrogens is 446 g/mol. The minimum absolute atomic E-state index is 0.00504. The molecule has 1 saturated heterocycles. The molecule has 8 heteroatoms. The lowest BCUT2D eigenvalue weighted by molar-refractivity contribution is -0.131. The number of rotatable bonds is 6. The Kier molecular flexibility index (Phi) is 6.67. The highest BCUT2D eigenvalue weighted by molar-refractivity contribution is 7.91. The maximum absolute atomic E-state index is 12.8. The quantitative estimate of drug-likeness (QED) is 0.567. The summed E-state index contributed by atoms with van der Waals surface area (Å²) in [5, 5.41) is 2.30. The van der Waals surface area contributed by atoms with Gasteiger partial charge in [0.1, 0.15) is 5.82 Å². The van der Waals surface area contributed by atoms with Crippen LogP contribution in [0.1, 0.15) is 30.8 Å². The Hall–Kier alpha value is -2.64. The van der Waals surface area contributed by atoms with Crippen molar-refractivity contribution in [3.05, 3.63) is 65.2 Å². The number of nitrogens with zero attached hydrogens (tertiary/aromatic N) is 2. The Morgan fingerprint density at radius 3 is 2.62 bits per heavy atom. The molecule has 1 N–H and O–H groups in total. The number of piperidine rings is 1. The van der Waals surface area contributed by atoms with Crippen LogP contribution in [0.3, 0.4) is 0 Å². The monoisotopic (exact) mass is 471 g/mol. The van der Waals surface area contributed by atoms with Crippen LogP contribution < -0.4 is 0 Å². The second-order valence-electron chi connectivity index (χ2n) is 8.22. The first kappa shape index (κ1) is 22.6. The lowest BCUT2D eigenvalue weighted by atomic mass is 9.96. The summed E-state index contributed by atoms with van der Waals surface area (Å²) in [6, 6.07) is 10.3. The van der Waals surface area contributed by atoms with Gasteiger partial charge in [0.25, 0.3) is 0 Å². The fourth-order valence-corrected chi connectivity index (χ4v) is 5.43. The van der Waals surface area contributed by atoms with Crippen molar-refractivity contribution < 1.29 is 13.2 Å². The Morgan fingerprint density at radius 2 is 1.91 bits per heavy atom. The molecule has 0 unspecified atom stereocenters. The normalized spacial score (nSPS) is 15.6. The number of sulfone groups is 1. The number of nitrogens with one attached hydrogen (secondary N) is 1. The van der Waals surface area contributed by atoms with E-state index < -0.39 is 9.84 Å². The number of carbonyl (C=O) groups excluding carboxylic acids is 1. The van der Waals surface area contributed by atoms with Gasteiger partial charge in [-0.2, -0.15) is 0 Å². The number of hydrogen-bond acceptors (Lipinski definition) is 4. The van der Waals surface area contributed by atoms with Gasteiger partial charge in [0, 0.05) is 24.5 Å². The number of halogens is 1. The number of fused-ring (bicyclic) bond motifs is 1. The molecule has 4 rings (SSSR count). The van der Waals surface area contributed by atoms with E-state index in [2.05, 4.69) is 16.0 Å². The molecule has 0 bridgehead atoms. The first-order chi connectivity index (χ1) is 15.3. The van der Waals surface area contributed by atoms with E-state index in [4.69, 9.17) is 11.6 Å². The molecule has 3 aromatic rings. The molecule has 1 aromatic heterocycles. The van der Waals surface area contributed by atoms with Crippen LogP contribution in [-0.2, 0) is 14.6 Å². The van der Waals surface area contributed by atoms with Crippen molar-refractivity contribution in [2.75, 3.05) is 18.8 Å². The summed E-state index contributed by atoms with van der Waals surface area (Å²) >= 11 is 5.99. The van der Waals surface area contributed by atoms with Crippen molar-refractivity contribution in [1.29, 1.82) is 0 Å². The van der Waals surface area contributed by atoms with Gasteiger partial charge in [-0.15, -0.1) is 0 Å². The highest BCUT2D eigenvalue weighted by atomic mass is 35.5. The van der Waals surface area contributed by atoms with Crippen LogP contribution in [0.5, 0.6) is 0 Å². The predicted octanol–water partition coefficient (Wildman–Crippen LogP) is 4.64. The lowest BCUT2D eigenvalue weighted by Crippen LogP contribution is -2.38. The highest BCUT2D eigenvalue weighted by Crippen LogP contribution is 2.24. The van der Waals surface area contributed by atoms with Gasteiger partial charge in [-0.1, -0.05) is 29.8 Å². The van der Waals surface area contributed by atoms with Crippen molar-refractivity contribution in [3.8, 4) is 0 Å². The van der Waals surface area contributed by atoms with Gasteiger partial charge < -0.3 is 9.88 Å². The van der Waals surface area contributed by atoms with Gasteiger partial charge in [0.15, 0.2) is 9.84 Å². The number of aromatic amines is 1. The standard InChI is InChI=1S/C24H26ClN3O3S/c1-17-26-16-22(27-17)6-2-18-8-11-28(12-9-18)24(29)10-13-32(30,31)23-7-4-19-14-21(25)5-3-20(19)15-23/h2-7,14-16,18H,8-13H2,1H3,(H,26,27). The van der Waals surface area contributed by atoms with Crippen molar-refractivity contribution in [1.82, 2.24) is 14.9 Å². The number of benzene rings is 2. The molecule has 0 radical (unpaired) electrons. The number of aryl methyl sites for hydroxylation is 1. The van der Waals surface area contributed by atoms with Crippen molar-refractivity contribution in [3.63, 3.8) is 0 Å². The van der Waals surface area contributed by atoms with E-state index in [0.29, 0.717) is 24.0 Å². The fraction of sp³-hybridized carbons (Fsp3) is 0.333. The van der Waals surface area contributed by atoms with Crippen LogP contribution >= 0.6 is 11.6 Å². The molecule has 1 aliphatic heterocycles. The third-order valence-corrected chi connectivity index (χ3v) is 7.83. The topological polar surface area (TPSA) is 83.1 Å². The molecule has 0 aliphatic carbocycles. The molecule has 0 spiro atoms. The van der Waals surface area contributed by atoms with Crippen LogP contribution in [0.15, 0.2) is 53.6 Å². The third kappa shape index (κ3) is 5.40. The van der Waals surface area contributed by atoms with Gasteiger partial charge in [-0.3, -0.25) is 4.79 Å². The third-order valence-electron chi connectivity index (χ3n) is 5.88. The summed E-state index contributed by atoms with van der Waals surface area (Å²) in [5.74, 6) is 0.989. The van der Waals surface area contributed by atoms with Gasteiger partial charge >= 0.3 is 0 Å². The predicted molar refractivity (Wildman–Crippen MR) is 127 cm³/mol. The molecule has 2 heterocycles.